The number of ether oxygens (including phenoxy) is 2. The molecule has 2 aliphatic heterocycles. The standard InChI is InChI=1S/C25H28N4O6/c1-4-28(14-21(30)26-18-9-10-19-20(13-18)35-12-11-34-19)22(31)15-29-23(32)25(3,27-24(29)33)17-7-5-16(2)6-8-17/h5-10,13H,4,11-12,14-15H2,1-3H3,(H,26,30)(H,27,33)/t25-/m0/s1. The first-order valence-corrected chi connectivity index (χ1v) is 11.4. The average Bonchev–Trinajstić information content (AvgIpc) is 3.06. The first-order chi connectivity index (χ1) is 16.7. The van der Waals surface area contributed by atoms with Gasteiger partial charge < -0.3 is 25.0 Å². The van der Waals surface area contributed by atoms with Crippen molar-refractivity contribution in [3.05, 3.63) is 53.6 Å². The monoisotopic (exact) mass is 480 g/mol. The molecule has 0 spiro atoms. The van der Waals surface area contributed by atoms with Gasteiger partial charge in [-0.3, -0.25) is 19.3 Å². The van der Waals surface area contributed by atoms with Gasteiger partial charge in [0.15, 0.2) is 11.5 Å². The Morgan fingerprint density at radius 3 is 2.46 bits per heavy atom. The number of fused-ring (bicyclic) bond motifs is 1. The number of likely N-dealkylation sites (N-methyl/N-ethyl adjacent to an activating group) is 1. The maximum Gasteiger partial charge on any atom is 0.325 e. The lowest BCUT2D eigenvalue weighted by atomic mass is 9.91. The van der Waals surface area contributed by atoms with Gasteiger partial charge in [-0.15, -0.1) is 0 Å². The van der Waals surface area contributed by atoms with E-state index in [0.717, 1.165) is 10.5 Å². The number of carbonyl (C=O) groups excluding carboxylic acids is 4. The molecule has 2 heterocycles. The molecular formula is C25H28N4O6. The lowest BCUT2D eigenvalue weighted by Gasteiger charge is -2.24. The topological polar surface area (TPSA) is 117 Å². The number of aryl methyl sites for hydroxylation is 1. The molecule has 1 atom stereocenters. The van der Waals surface area contributed by atoms with E-state index < -0.39 is 35.8 Å². The van der Waals surface area contributed by atoms with Crippen molar-refractivity contribution in [1.82, 2.24) is 15.1 Å². The smallest absolute Gasteiger partial charge is 0.325 e. The number of urea groups is 1. The fraction of sp³-hybridized carbons (Fsp3) is 0.360. The minimum Gasteiger partial charge on any atom is -0.486 e. The van der Waals surface area contributed by atoms with Crippen molar-refractivity contribution in [2.45, 2.75) is 26.3 Å². The molecule has 2 aromatic carbocycles. The van der Waals surface area contributed by atoms with Crippen molar-refractivity contribution < 1.29 is 28.7 Å². The number of nitrogens with one attached hydrogen (secondary N) is 2. The van der Waals surface area contributed by atoms with E-state index in [0.29, 0.717) is 36.0 Å². The predicted octanol–water partition coefficient (Wildman–Crippen LogP) is 2.02. The lowest BCUT2D eigenvalue weighted by molar-refractivity contribution is -0.140. The quantitative estimate of drug-likeness (QED) is 0.586. The van der Waals surface area contributed by atoms with Crippen LogP contribution in [0.1, 0.15) is 25.0 Å². The maximum atomic E-state index is 13.1. The summed E-state index contributed by atoms with van der Waals surface area (Å²) in [7, 11) is 0. The number of rotatable bonds is 7. The summed E-state index contributed by atoms with van der Waals surface area (Å²) in [5.41, 5.74) is 0.889. The summed E-state index contributed by atoms with van der Waals surface area (Å²) in [6, 6.07) is 11.7. The van der Waals surface area contributed by atoms with Crippen LogP contribution in [0.15, 0.2) is 42.5 Å². The van der Waals surface area contributed by atoms with Gasteiger partial charge in [-0.1, -0.05) is 29.8 Å². The Balaban J connectivity index is 1.39. The van der Waals surface area contributed by atoms with Gasteiger partial charge in [0.2, 0.25) is 11.8 Å². The fourth-order valence-corrected chi connectivity index (χ4v) is 4.03. The zero-order valence-corrected chi connectivity index (χ0v) is 19.9. The number of amides is 5. The molecule has 0 radical (unpaired) electrons. The lowest BCUT2D eigenvalue weighted by Crippen LogP contribution is -2.46. The maximum absolute atomic E-state index is 13.1. The molecule has 2 aromatic rings. The summed E-state index contributed by atoms with van der Waals surface area (Å²) in [6.45, 7) is 5.68. The Kier molecular flexibility index (Phi) is 6.63. The molecule has 10 nitrogen and oxygen atoms in total. The van der Waals surface area contributed by atoms with Crippen LogP contribution in [0.5, 0.6) is 11.5 Å². The summed E-state index contributed by atoms with van der Waals surface area (Å²) in [6.07, 6.45) is 0. The number of hydrogen-bond acceptors (Lipinski definition) is 6. The highest BCUT2D eigenvalue weighted by atomic mass is 16.6. The first-order valence-electron chi connectivity index (χ1n) is 11.4. The average molecular weight is 481 g/mol. The highest BCUT2D eigenvalue weighted by Gasteiger charge is 2.49. The summed E-state index contributed by atoms with van der Waals surface area (Å²) in [5.74, 6) is -0.310. The molecule has 0 aliphatic carbocycles. The van der Waals surface area contributed by atoms with Crippen molar-refractivity contribution in [2.75, 3.05) is 38.2 Å². The second kappa shape index (κ2) is 9.65. The molecule has 0 bridgehead atoms. The molecule has 35 heavy (non-hydrogen) atoms. The number of benzene rings is 2. The molecule has 2 aliphatic rings. The molecule has 5 amide bonds. The van der Waals surface area contributed by atoms with Crippen LogP contribution in [0.2, 0.25) is 0 Å². The van der Waals surface area contributed by atoms with Crippen LogP contribution in [-0.2, 0) is 19.9 Å². The summed E-state index contributed by atoms with van der Waals surface area (Å²) >= 11 is 0. The zero-order chi connectivity index (χ0) is 25.2. The first kappa shape index (κ1) is 24.1. The number of nitrogens with zero attached hydrogens (tertiary/aromatic N) is 2. The number of imide groups is 1. The van der Waals surface area contributed by atoms with E-state index in [1.165, 1.54) is 4.90 Å². The molecule has 1 saturated heterocycles. The van der Waals surface area contributed by atoms with E-state index in [1.54, 1.807) is 44.2 Å². The highest BCUT2D eigenvalue weighted by molar-refractivity contribution is 6.09. The second-order valence-corrected chi connectivity index (χ2v) is 8.63. The van der Waals surface area contributed by atoms with Crippen LogP contribution < -0.4 is 20.1 Å². The Labute approximate surface area is 203 Å². The fourth-order valence-electron chi connectivity index (χ4n) is 4.03. The molecule has 4 rings (SSSR count). The van der Waals surface area contributed by atoms with Crippen molar-refractivity contribution in [3.63, 3.8) is 0 Å². The third kappa shape index (κ3) is 4.91. The van der Waals surface area contributed by atoms with Crippen molar-refractivity contribution in [3.8, 4) is 11.5 Å². The van der Waals surface area contributed by atoms with Crippen LogP contribution in [0.25, 0.3) is 0 Å². The zero-order valence-electron chi connectivity index (χ0n) is 19.9. The van der Waals surface area contributed by atoms with Gasteiger partial charge in [0.05, 0.1) is 6.54 Å². The van der Waals surface area contributed by atoms with Gasteiger partial charge in [0.1, 0.15) is 25.3 Å². The Morgan fingerprint density at radius 2 is 1.77 bits per heavy atom. The van der Waals surface area contributed by atoms with Crippen molar-refractivity contribution >= 4 is 29.4 Å². The van der Waals surface area contributed by atoms with Gasteiger partial charge in [-0.25, -0.2) is 4.79 Å². The van der Waals surface area contributed by atoms with E-state index in [-0.39, 0.29) is 13.1 Å². The van der Waals surface area contributed by atoms with Crippen molar-refractivity contribution in [1.29, 1.82) is 0 Å². The molecule has 0 unspecified atom stereocenters. The molecular weight excluding hydrogens is 452 g/mol. The van der Waals surface area contributed by atoms with Gasteiger partial charge in [-0.05, 0) is 38.5 Å². The molecule has 0 saturated carbocycles. The van der Waals surface area contributed by atoms with E-state index in [4.69, 9.17) is 9.47 Å². The summed E-state index contributed by atoms with van der Waals surface area (Å²) < 4.78 is 11.0. The van der Waals surface area contributed by atoms with E-state index in [9.17, 15) is 19.2 Å². The minimum atomic E-state index is -1.27. The number of anilines is 1. The Morgan fingerprint density at radius 1 is 1.09 bits per heavy atom. The SMILES string of the molecule is CCN(CC(=O)Nc1ccc2c(c1)OCCO2)C(=O)CN1C(=O)N[C@@](C)(c2ccc(C)cc2)C1=O. The van der Waals surface area contributed by atoms with Crippen molar-refractivity contribution in [2.24, 2.45) is 0 Å². The third-order valence-corrected chi connectivity index (χ3v) is 6.09. The molecule has 0 aromatic heterocycles. The Bertz CT molecular complexity index is 1170. The van der Waals surface area contributed by atoms with Crippen LogP contribution in [-0.4, -0.2) is 66.4 Å². The van der Waals surface area contributed by atoms with E-state index in [1.807, 2.05) is 19.1 Å². The van der Waals surface area contributed by atoms with Crippen LogP contribution in [0.3, 0.4) is 0 Å². The highest BCUT2D eigenvalue weighted by Crippen LogP contribution is 2.32. The largest absolute Gasteiger partial charge is 0.486 e. The molecule has 2 N–H and O–H groups in total. The van der Waals surface area contributed by atoms with Gasteiger partial charge in [0, 0.05) is 18.3 Å². The number of carbonyl (C=O) groups is 4. The van der Waals surface area contributed by atoms with Crippen LogP contribution in [0.4, 0.5) is 10.5 Å². The summed E-state index contributed by atoms with van der Waals surface area (Å²) in [4.78, 5) is 53.4. The van der Waals surface area contributed by atoms with Gasteiger partial charge in [-0.2, -0.15) is 0 Å². The minimum absolute atomic E-state index is 0.228. The number of hydrogen-bond donors (Lipinski definition) is 2. The van der Waals surface area contributed by atoms with Gasteiger partial charge in [0.25, 0.3) is 5.91 Å². The van der Waals surface area contributed by atoms with E-state index in [2.05, 4.69) is 10.6 Å². The molecule has 10 heteroatoms. The van der Waals surface area contributed by atoms with Crippen LogP contribution in [0, 0.1) is 6.92 Å². The normalized spacial score (nSPS) is 18.8. The summed E-state index contributed by atoms with van der Waals surface area (Å²) in [5, 5.41) is 5.43. The van der Waals surface area contributed by atoms with Gasteiger partial charge >= 0.3 is 6.03 Å². The third-order valence-electron chi connectivity index (χ3n) is 6.09. The van der Waals surface area contributed by atoms with E-state index >= 15 is 0 Å². The predicted molar refractivity (Wildman–Crippen MR) is 127 cm³/mol. The Hall–Kier alpha value is -4.08. The van der Waals surface area contributed by atoms with Crippen LogP contribution >= 0.6 is 0 Å². The second-order valence-electron chi connectivity index (χ2n) is 8.63. The molecule has 1 fully saturated rings. The molecule has 184 valence electrons.